The van der Waals surface area contributed by atoms with Crippen molar-refractivity contribution in [1.29, 1.82) is 0 Å². The van der Waals surface area contributed by atoms with Crippen molar-refractivity contribution in [3.63, 3.8) is 0 Å². The van der Waals surface area contributed by atoms with Gasteiger partial charge in [0, 0.05) is 44.3 Å². The van der Waals surface area contributed by atoms with Crippen molar-refractivity contribution in [3.05, 3.63) is 46.6 Å². The summed E-state index contributed by atoms with van der Waals surface area (Å²) in [5, 5.41) is 0. The van der Waals surface area contributed by atoms with E-state index in [4.69, 9.17) is 4.74 Å². The molecule has 7 nitrogen and oxygen atoms in total. The zero-order valence-electron chi connectivity index (χ0n) is 16.1. The predicted octanol–water partition coefficient (Wildman–Crippen LogP) is 2.35. The first-order valence-electron chi connectivity index (χ1n) is 9.98. The van der Waals surface area contributed by atoms with Crippen molar-refractivity contribution in [3.8, 4) is 11.4 Å². The van der Waals surface area contributed by atoms with E-state index in [1.807, 2.05) is 23.1 Å². The molecule has 2 aromatic rings. The van der Waals surface area contributed by atoms with Gasteiger partial charge in [-0.3, -0.25) is 14.6 Å². The first-order chi connectivity index (χ1) is 13.6. The molecule has 3 atom stereocenters. The Kier molecular flexibility index (Phi) is 5.52. The van der Waals surface area contributed by atoms with E-state index in [2.05, 4.69) is 15.0 Å². The lowest BCUT2D eigenvalue weighted by Crippen LogP contribution is -2.38. The zero-order chi connectivity index (χ0) is 19.5. The third-order valence-electron chi connectivity index (χ3n) is 5.88. The second-order valence-corrected chi connectivity index (χ2v) is 7.72. The lowest BCUT2D eigenvalue weighted by molar-refractivity contribution is -0.137. The Balaban J connectivity index is 1.48. The van der Waals surface area contributed by atoms with E-state index in [9.17, 15) is 9.59 Å². The predicted molar refractivity (Wildman–Crippen MR) is 105 cm³/mol. The number of methoxy groups -OCH3 is 1. The SMILES string of the molecule is CO[C@@H]1CCC[C@@H](C(=O)N2CC[C@H](c3nc(-c4ccccn4)cc(=O)[nH]3)C2)C1. The summed E-state index contributed by atoms with van der Waals surface area (Å²) in [6.07, 6.45) is 6.49. The number of nitrogens with one attached hydrogen (secondary N) is 1. The van der Waals surface area contributed by atoms with Crippen LogP contribution in [0.4, 0.5) is 0 Å². The highest BCUT2D eigenvalue weighted by Crippen LogP contribution is 2.31. The highest BCUT2D eigenvalue weighted by atomic mass is 16.5. The van der Waals surface area contributed by atoms with Gasteiger partial charge < -0.3 is 14.6 Å². The average molecular weight is 382 g/mol. The first kappa shape index (κ1) is 18.8. The molecule has 1 N–H and O–H groups in total. The van der Waals surface area contributed by atoms with Gasteiger partial charge in [-0.1, -0.05) is 12.5 Å². The molecule has 4 rings (SSSR count). The third-order valence-corrected chi connectivity index (χ3v) is 5.88. The number of rotatable bonds is 4. The summed E-state index contributed by atoms with van der Waals surface area (Å²) in [6.45, 7) is 1.30. The molecule has 2 aromatic heterocycles. The summed E-state index contributed by atoms with van der Waals surface area (Å²) in [4.78, 5) is 38.8. The van der Waals surface area contributed by atoms with Crippen LogP contribution < -0.4 is 5.56 Å². The molecule has 0 bridgehead atoms. The minimum absolute atomic E-state index is 0.0436. The van der Waals surface area contributed by atoms with Crippen molar-refractivity contribution in [2.24, 2.45) is 5.92 Å². The number of pyridine rings is 1. The molecule has 0 spiro atoms. The van der Waals surface area contributed by atoms with E-state index in [0.717, 1.165) is 32.1 Å². The average Bonchev–Trinajstić information content (AvgIpc) is 3.24. The summed E-state index contributed by atoms with van der Waals surface area (Å²) in [6, 6.07) is 7.01. The molecular weight excluding hydrogens is 356 g/mol. The molecule has 1 amide bonds. The van der Waals surface area contributed by atoms with Gasteiger partial charge in [-0.2, -0.15) is 0 Å². The highest BCUT2D eigenvalue weighted by molar-refractivity contribution is 5.79. The molecule has 1 saturated heterocycles. The summed E-state index contributed by atoms with van der Waals surface area (Å²) in [5.41, 5.74) is 1.05. The van der Waals surface area contributed by atoms with Gasteiger partial charge in [0.2, 0.25) is 5.91 Å². The number of hydrogen-bond donors (Lipinski definition) is 1. The normalized spacial score (nSPS) is 25.0. The molecular formula is C21H26N4O3. The lowest BCUT2D eigenvalue weighted by Gasteiger charge is -2.30. The summed E-state index contributed by atoms with van der Waals surface area (Å²) >= 11 is 0. The van der Waals surface area contributed by atoms with E-state index in [1.165, 1.54) is 6.07 Å². The number of carbonyl (C=O) groups is 1. The number of aromatic nitrogens is 3. The number of likely N-dealkylation sites (tertiary alicyclic amines) is 1. The van der Waals surface area contributed by atoms with Crippen LogP contribution in [0.15, 0.2) is 35.3 Å². The maximum atomic E-state index is 13.0. The van der Waals surface area contributed by atoms with Gasteiger partial charge in [0.1, 0.15) is 5.82 Å². The number of ether oxygens (including phenoxy) is 1. The molecule has 1 aliphatic heterocycles. The molecule has 1 aliphatic carbocycles. The molecule has 3 heterocycles. The number of carbonyl (C=O) groups excluding carboxylic acids is 1. The van der Waals surface area contributed by atoms with Crippen molar-refractivity contribution < 1.29 is 9.53 Å². The van der Waals surface area contributed by atoms with Crippen LogP contribution >= 0.6 is 0 Å². The third kappa shape index (κ3) is 3.99. The van der Waals surface area contributed by atoms with Gasteiger partial charge >= 0.3 is 0 Å². The van der Waals surface area contributed by atoms with Gasteiger partial charge in [0.25, 0.3) is 5.56 Å². The Hall–Kier alpha value is -2.54. The number of amides is 1. The minimum Gasteiger partial charge on any atom is -0.381 e. The summed E-state index contributed by atoms with van der Waals surface area (Å²) in [5.74, 6) is 0.945. The topological polar surface area (TPSA) is 88.2 Å². The molecule has 0 aromatic carbocycles. The van der Waals surface area contributed by atoms with Crippen molar-refractivity contribution >= 4 is 5.91 Å². The van der Waals surface area contributed by atoms with E-state index in [-0.39, 0.29) is 29.4 Å². The standard InChI is InChI=1S/C21H26N4O3/c1-28-16-6-4-5-14(11-16)21(27)25-10-8-15(13-25)20-23-18(12-19(26)24-20)17-7-2-3-9-22-17/h2-3,7,9,12,14-16H,4-6,8,10-11,13H2,1H3,(H,23,24,26)/t14-,15+,16-/m1/s1. The minimum atomic E-state index is -0.189. The number of nitrogens with zero attached hydrogens (tertiary/aromatic N) is 3. The van der Waals surface area contributed by atoms with Gasteiger partial charge in [0.15, 0.2) is 0 Å². The van der Waals surface area contributed by atoms with Gasteiger partial charge in [-0.15, -0.1) is 0 Å². The number of H-pyrrole nitrogens is 1. The van der Waals surface area contributed by atoms with Gasteiger partial charge in [-0.05, 0) is 37.8 Å². The largest absolute Gasteiger partial charge is 0.381 e. The quantitative estimate of drug-likeness (QED) is 0.877. The molecule has 2 aliphatic rings. The van der Waals surface area contributed by atoms with Crippen molar-refractivity contribution in [1.82, 2.24) is 19.9 Å². The fourth-order valence-corrected chi connectivity index (χ4v) is 4.34. The number of aromatic amines is 1. The van der Waals surface area contributed by atoms with E-state index >= 15 is 0 Å². The van der Waals surface area contributed by atoms with Crippen molar-refractivity contribution in [2.75, 3.05) is 20.2 Å². The Morgan fingerprint density at radius 2 is 2.14 bits per heavy atom. The Labute approximate surface area is 164 Å². The van der Waals surface area contributed by atoms with Crippen LogP contribution in [0.2, 0.25) is 0 Å². The second-order valence-electron chi connectivity index (χ2n) is 7.72. The van der Waals surface area contributed by atoms with Crippen LogP contribution in [0, 0.1) is 5.92 Å². The lowest BCUT2D eigenvalue weighted by atomic mass is 9.86. The van der Waals surface area contributed by atoms with Crippen LogP contribution in [0.5, 0.6) is 0 Å². The smallest absolute Gasteiger partial charge is 0.251 e. The van der Waals surface area contributed by atoms with Gasteiger partial charge in [0.05, 0.1) is 17.5 Å². The molecule has 148 valence electrons. The Morgan fingerprint density at radius 3 is 2.93 bits per heavy atom. The summed E-state index contributed by atoms with van der Waals surface area (Å²) in [7, 11) is 1.72. The maximum absolute atomic E-state index is 13.0. The fourth-order valence-electron chi connectivity index (χ4n) is 4.34. The molecule has 0 radical (unpaired) electrons. The van der Waals surface area contributed by atoms with Crippen molar-refractivity contribution in [2.45, 2.75) is 44.1 Å². The Morgan fingerprint density at radius 1 is 1.25 bits per heavy atom. The van der Waals surface area contributed by atoms with Crippen LogP contribution in [-0.4, -0.2) is 52.1 Å². The summed E-state index contributed by atoms with van der Waals surface area (Å²) < 4.78 is 5.47. The van der Waals surface area contributed by atoms with E-state index in [0.29, 0.717) is 30.3 Å². The van der Waals surface area contributed by atoms with Crippen LogP contribution in [-0.2, 0) is 9.53 Å². The Bertz CT molecular complexity index is 883. The second kappa shape index (κ2) is 8.22. The molecule has 2 fully saturated rings. The van der Waals surface area contributed by atoms with Crippen LogP contribution in [0.3, 0.4) is 0 Å². The highest BCUT2D eigenvalue weighted by Gasteiger charge is 2.35. The fraction of sp³-hybridized carbons (Fsp3) is 0.524. The van der Waals surface area contributed by atoms with Crippen LogP contribution in [0.25, 0.3) is 11.4 Å². The monoisotopic (exact) mass is 382 g/mol. The molecule has 0 unspecified atom stereocenters. The maximum Gasteiger partial charge on any atom is 0.251 e. The molecule has 1 saturated carbocycles. The molecule has 28 heavy (non-hydrogen) atoms. The van der Waals surface area contributed by atoms with Crippen LogP contribution in [0.1, 0.15) is 43.8 Å². The number of hydrogen-bond acceptors (Lipinski definition) is 5. The van der Waals surface area contributed by atoms with E-state index < -0.39 is 0 Å². The zero-order valence-corrected chi connectivity index (χ0v) is 16.1. The first-order valence-corrected chi connectivity index (χ1v) is 9.98. The molecule has 7 heteroatoms. The van der Waals surface area contributed by atoms with Gasteiger partial charge in [-0.25, -0.2) is 4.98 Å². The van der Waals surface area contributed by atoms with E-state index in [1.54, 1.807) is 13.3 Å².